The van der Waals surface area contributed by atoms with Gasteiger partial charge in [0.05, 0.1) is 0 Å². The van der Waals surface area contributed by atoms with Gasteiger partial charge in [-0.15, -0.1) is 0 Å². The van der Waals surface area contributed by atoms with Crippen LogP contribution in [0.15, 0.2) is 66.2 Å². The van der Waals surface area contributed by atoms with Crippen LogP contribution in [0.4, 0.5) is 8.78 Å². The number of nitrogens with one attached hydrogen (secondary N) is 1. The molecular weight excluding hydrogens is 396 g/mol. The average Bonchev–Trinajstić information content (AvgIpc) is 3.09. The van der Waals surface area contributed by atoms with Gasteiger partial charge >= 0.3 is 0 Å². The molecule has 0 atom stereocenters. The van der Waals surface area contributed by atoms with E-state index in [-0.39, 0.29) is 18.4 Å². The monoisotopic (exact) mass is 419 g/mol. The van der Waals surface area contributed by atoms with Crippen LogP contribution in [0.25, 0.3) is 38.5 Å². The minimum absolute atomic E-state index is 0.0967. The Morgan fingerprint density at radius 1 is 1.06 bits per heavy atom. The maximum absolute atomic E-state index is 13.5. The fourth-order valence-corrected chi connectivity index (χ4v) is 4.44. The summed E-state index contributed by atoms with van der Waals surface area (Å²) in [7, 11) is 1.99. The van der Waals surface area contributed by atoms with E-state index in [1.165, 1.54) is 0 Å². The van der Waals surface area contributed by atoms with Gasteiger partial charge in [-0.25, -0.2) is 8.78 Å². The molecule has 1 saturated heterocycles. The topological polar surface area (TPSA) is 41.0 Å². The fourth-order valence-electron chi connectivity index (χ4n) is 4.44. The van der Waals surface area contributed by atoms with Crippen molar-refractivity contribution in [3.05, 3.63) is 77.4 Å². The Labute approximate surface area is 178 Å². The Morgan fingerprint density at radius 3 is 2.58 bits per heavy atom. The highest BCUT2D eigenvalue weighted by Gasteiger charge is 2.34. The first-order valence-electron chi connectivity index (χ1n) is 10.4. The van der Waals surface area contributed by atoms with Crippen LogP contribution in [0.3, 0.4) is 0 Å². The number of rotatable bonds is 3. The molecule has 4 nitrogen and oxygen atoms in total. The van der Waals surface area contributed by atoms with Crippen molar-refractivity contribution in [3.63, 3.8) is 0 Å². The van der Waals surface area contributed by atoms with E-state index in [0.717, 1.165) is 38.7 Å². The average molecular weight is 419 g/mol. The minimum Gasteiger partial charge on any atom is -0.371 e. The van der Waals surface area contributed by atoms with Gasteiger partial charge in [0.15, 0.2) is 0 Å². The zero-order valence-corrected chi connectivity index (χ0v) is 17.3. The second-order valence-corrected chi connectivity index (χ2v) is 8.28. The molecular formula is C25H23F2N3O. The van der Waals surface area contributed by atoms with E-state index in [2.05, 4.69) is 34.5 Å². The van der Waals surface area contributed by atoms with Crippen LogP contribution in [-0.2, 0) is 7.05 Å². The summed E-state index contributed by atoms with van der Waals surface area (Å²) in [5.41, 5.74) is 4.78. The lowest BCUT2D eigenvalue weighted by Gasteiger charge is -2.34. The molecule has 0 aliphatic carbocycles. The number of piperidine rings is 1. The number of likely N-dealkylation sites (tertiary alicyclic amines) is 1. The quantitative estimate of drug-likeness (QED) is 0.484. The Hall–Kier alpha value is -3.41. The normalized spacial score (nSPS) is 16.2. The Morgan fingerprint density at radius 2 is 1.81 bits per heavy atom. The van der Waals surface area contributed by atoms with Crippen molar-refractivity contribution >= 4 is 27.4 Å². The van der Waals surface area contributed by atoms with Crippen LogP contribution in [0.2, 0.25) is 0 Å². The molecule has 6 heteroatoms. The van der Waals surface area contributed by atoms with E-state index in [0.29, 0.717) is 18.5 Å². The van der Waals surface area contributed by atoms with Gasteiger partial charge < -0.3 is 14.5 Å². The summed E-state index contributed by atoms with van der Waals surface area (Å²) in [4.78, 5) is 16.6. The van der Waals surface area contributed by atoms with Crippen LogP contribution < -0.4 is 5.56 Å². The van der Waals surface area contributed by atoms with E-state index < -0.39 is 5.92 Å². The molecule has 4 aromatic rings. The molecule has 2 aromatic heterocycles. The third-order valence-electron chi connectivity index (χ3n) is 6.29. The van der Waals surface area contributed by atoms with Crippen molar-refractivity contribution in [1.82, 2.24) is 14.5 Å². The number of aromatic amines is 1. The summed E-state index contributed by atoms with van der Waals surface area (Å²) in [6.07, 6.45) is 3.47. The maximum Gasteiger partial charge on any atom is 0.255 e. The molecule has 2 aromatic carbocycles. The molecule has 0 spiro atoms. The molecule has 0 unspecified atom stereocenters. The summed E-state index contributed by atoms with van der Waals surface area (Å²) >= 11 is 0. The van der Waals surface area contributed by atoms with Crippen molar-refractivity contribution < 1.29 is 8.78 Å². The molecule has 31 heavy (non-hydrogen) atoms. The minimum atomic E-state index is -2.57. The Kier molecular flexibility index (Phi) is 4.46. The summed E-state index contributed by atoms with van der Waals surface area (Å²) in [5, 5.41) is 2.65. The van der Waals surface area contributed by atoms with Crippen molar-refractivity contribution in [1.29, 1.82) is 0 Å². The van der Waals surface area contributed by atoms with E-state index in [1.54, 1.807) is 6.20 Å². The smallest absolute Gasteiger partial charge is 0.255 e. The van der Waals surface area contributed by atoms with Gasteiger partial charge in [0, 0.05) is 72.9 Å². The number of benzene rings is 2. The Bertz CT molecular complexity index is 1370. The molecule has 0 radical (unpaired) electrons. The first kappa shape index (κ1) is 19.5. The van der Waals surface area contributed by atoms with Gasteiger partial charge in [-0.2, -0.15) is 0 Å². The predicted octanol–water partition coefficient (Wildman–Crippen LogP) is 5.39. The molecule has 158 valence electrons. The van der Waals surface area contributed by atoms with Crippen molar-refractivity contribution in [3.8, 4) is 11.1 Å². The van der Waals surface area contributed by atoms with Crippen LogP contribution >= 0.6 is 0 Å². The number of hydrogen-bond donors (Lipinski definition) is 1. The van der Waals surface area contributed by atoms with Gasteiger partial charge in [0.2, 0.25) is 0 Å². The number of halogens is 2. The van der Waals surface area contributed by atoms with E-state index in [1.807, 2.05) is 42.3 Å². The van der Waals surface area contributed by atoms with Crippen LogP contribution in [-0.4, -0.2) is 33.5 Å². The molecule has 0 bridgehead atoms. The Balaban J connectivity index is 1.51. The molecule has 1 N–H and O–H groups in total. The number of H-pyrrole nitrogens is 1. The van der Waals surface area contributed by atoms with E-state index >= 15 is 0 Å². The zero-order chi connectivity index (χ0) is 21.8. The van der Waals surface area contributed by atoms with Crippen LogP contribution in [0, 0.1) is 0 Å². The van der Waals surface area contributed by atoms with E-state index in [4.69, 9.17) is 0 Å². The van der Waals surface area contributed by atoms with Crippen molar-refractivity contribution in [2.45, 2.75) is 18.8 Å². The van der Waals surface area contributed by atoms with Gasteiger partial charge in [0.25, 0.3) is 11.5 Å². The standard InChI is InChI=1S/C25H23F2N3O/c1-16(30-11-8-25(26,27)9-12-30)17-3-6-21-22(15-29(2)23(21)14-17)18-4-5-20-19(13-18)7-10-28-24(20)31/h3-7,10,13-15H,1,8-9,11-12H2,2H3,(H,28,31). The first-order chi connectivity index (χ1) is 14.8. The number of alkyl halides is 2. The number of fused-ring (bicyclic) bond motifs is 2. The highest BCUT2D eigenvalue weighted by atomic mass is 19.3. The van der Waals surface area contributed by atoms with Crippen LogP contribution in [0.5, 0.6) is 0 Å². The van der Waals surface area contributed by atoms with Crippen molar-refractivity contribution in [2.75, 3.05) is 13.1 Å². The number of aromatic nitrogens is 2. The molecule has 0 saturated carbocycles. The lowest BCUT2D eigenvalue weighted by molar-refractivity contribution is -0.0450. The van der Waals surface area contributed by atoms with Gasteiger partial charge in [-0.3, -0.25) is 4.79 Å². The summed E-state index contributed by atoms with van der Waals surface area (Å²) < 4.78 is 29.1. The number of pyridine rings is 1. The fraction of sp³-hybridized carbons (Fsp3) is 0.240. The number of nitrogens with zero attached hydrogens (tertiary/aromatic N) is 2. The van der Waals surface area contributed by atoms with Crippen molar-refractivity contribution in [2.24, 2.45) is 7.05 Å². The van der Waals surface area contributed by atoms with Gasteiger partial charge in [-0.05, 0) is 40.8 Å². The maximum atomic E-state index is 13.5. The van der Waals surface area contributed by atoms with E-state index in [9.17, 15) is 13.6 Å². The molecule has 1 aliphatic rings. The first-order valence-corrected chi connectivity index (χ1v) is 10.4. The lowest BCUT2D eigenvalue weighted by atomic mass is 10.00. The number of aryl methyl sites for hydroxylation is 1. The third-order valence-corrected chi connectivity index (χ3v) is 6.29. The number of hydrogen-bond acceptors (Lipinski definition) is 2. The second kappa shape index (κ2) is 7.08. The summed E-state index contributed by atoms with van der Waals surface area (Å²) in [6.45, 7) is 4.82. The molecule has 1 aliphatic heterocycles. The zero-order valence-electron chi connectivity index (χ0n) is 17.3. The SMILES string of the molecule is C=C(c1ccc2c(-c3ccc4c(=O)[nH]ccc4c3)cn(C)c2c1)N1CCC(F)(F)CC1. The molecule has 0 amide bonds. The highest BCUT2D eigenvalue weighted by Crippen LogP contribution is 2.35. The van der Waals surface area contributed by atoms with Crippen LogP contribution in [0.1, 0.15) is 18.4 Å². The highest BCUT2D eigenvalue weighted by molar-refractivity contribution is 5.99. The lowest BCUT2D eigenvalue weighted by Crippen LogP contribution is -2.38. The molecule has 1 fully saturated rings. The largest absolute Gasteiger partial charge is 0.371 e. The second-order valence-electron chi connectivity index (χ2n) is 8.28. The molecule has 3 heterocycles. The predicted molar refractivity (Wildman–Crippen MR) is 121 cm³/mol. The van der Waals surface area contributed by atoms with Gasteiger partial charge in [-0.1, -0.05) is 24.8 Å². The third kappa shape index (κ3) is 3.42. The molecule has 5 rings (SSSR count). The summed E-state index contributed by atoms with van der Waals surface area (Å²) in [6, 6.07) is 13.9. The van der Waals surface area contributed by atoms with Gasteiger partial charge in [0.1, 0.15) is 0 Å². The summed E-state index contributed by atoms with van der Waals surface area (Å²) in [5.74, 6) is -2.57.